The van der Waals surface area contributed by atoms with Gasteiger partial charge in [-0.3, -0.25) is 0 Å². The van der Waals surface area contributed by atoms with E-state index in [0.29, 0.717) is 25.4 Å². The number of fused-ring (bicyclic) bond motifs is 3. The fourth-order valence-electron chi connectivity index (χ4n) is 3.17. The summed E-state index contributed by atoms with van der Waals surface area (Å²) in [6.07, 6.45) is 0. The Hall–Kier alpha value is -3.06. The predicted octanol–water partition coefficient (Wildman–Crippen LogP) is 2.94. The maximum Gasteiger partial charge on any atom is 0.319 e. The minimum atomic E-state index is -0.258. The van der Waals surface area contributed by atoms with Crippen LogP contribution in [0.2, 0.25) is 0 Å². The maximum atomic E-state index is 12.2. The smallest absolute Gasteiger partial charge is 0.319 e. The van der Waals surface area contributed by atoms with E-state index >= 15 is 0 Å². The highest BCUT2D eigenvalue weighted by Gasteiger charge is 2.24. The molecule has 2 heterocycles. The SMILES string of the molecule is COc1ccc(NC(=O)NC[C@H]2COCc3nc4ccccc4n32)cc1. The standard InChI is InChI=1S/C19H20N4O3/c1-25-15-8-6-13(7-9-15)21-19(24)20-10-14-11-26-12-18-22-16-4-2-3-5-17(16)23(14)18/h2-9,14H,10-12H2,1H3,(H2,20,21,24)/t14-/m0/s1. The van der Waals surface area contributed by atoms with Crippen LogP contribution >= 0.6 is 0 Å². The summed E-state index contributed by atoms with van der Waals surface area (Å²) in [6.45, 7) is 1.48. The molecule has 2 aromatic carbocycles. The van der Waals surface area contributed by atoms with E-state index in [2.05, 4.69) is 20.2 Å². The van der Waals surface area contributed by atoms with Gasteiger partial charge in [0.15, 0.2) is 0 Å². The number of nitrogens with zero attached hydrogens (tertiary/aromatic N) is 2. The Labute approximate surface area is 150 Å². The number of rotatable bonds is 4. The molecule has 1 aliphatic heterocycles. The Morgan fingerprint density at radius 3 is 2.88 bits per heavy atom. The highest BCUT2D eigenvalue weighted by atomic mass is 16.5. The minimum Gasteiger partial charge on any atom is -0.497 e. The summed E-state index contributed by atoms with van der Waals surface area (Å²) >= 11 is 0. The number of para-hydroxylation sites is 2. The quantitative estimate of drug-likeness (QED) is 0.757. The summed E-state index contributed by atoms with van der Waals surface area (Å²) in [5.74, 6) is 1.63. The molecular formula is C19H20N4O3. The van der Waals surface area contributed by atoms with Crippen LogP contribution in [-0.4, -0.2) is 35.8 Å². The number of ether oxygens (including phenoxy) is 2. The monoisotopic (exact) mass is 352 g/mol. The van der Waals surface area contributed by atoms with Crippen LogP contribution in [0.4, 0.5) is 10.5 Å². The van der Waals surface area contributed by atoms with Crippen molar-refractivity contribution in [1.29, 1.82) is 0 Å². The zero-order valence-corrected chi connectivity index (χ0v) is 14.4. The van der Waals surface area contributed by atoms with Crippen LogP contribution in [0.1, 0.15) is 11.9 Å². The maximum absolute atomic E-state index is 12.2. The number of anilines is 1. The second-order valence-corrected chi connectivity index (χ2v) is 6.12. The molecule has 1 atom stereocenters. The van der Waals surface area contributed by atoms with E-state index in [1.165, 1.54) is 0 Å². The molecule has 0 spiro atoms. The number of aromatic nitrogens is 2. The molecule has 0 saturated carbocycles. The molecular weight excluding hydrogens is 332 g/mol. The Morgan fingerprint density at radius 2 is 2.08 bits per heavy atom. The van der Waals surface area contributed by atoms with Crippen molar-refractivity contribution in [3.05, 3.63) is 54.4 Å². The number of methoxy groups -OCH3 is 1. The summed E-state index contributed by atoms with van der Waals surface area (Å²) < 4.78 is 12.9. The minimum absolute atomic E-state index is 0.00719. The number of carbonyl (C=O) groups excluding carboxylic acids is 1. The normalized spacial score (nSPS) is 16.1. The predicted molar refractivity (Wildman–Crippen MR) is 98.4 cm³/mol. The second kappa shape index (κ2) is 7.05. The molecule has 1 aromatic heterocycles. The van der Waals surface area contributed by atoms with Gasteiger partial charge in [0, 0.05) is 12.2 Å². The number of nitrogens with one attached hydrogen (secondary N) is 2. The van der Waals surface area contributed by atoms with Crippen LogP contribution in [0.15, 0.2) is 48.5 Å². The van der Waals surface area contributed by atoms with Crippen molar-refractivity contribution in [3.63, 3.8) is 0 Å². The topological polar surface area (TPSA) is 77.4 Å². The van der Waals surface area contributed by atoms with Crippen molar-refractivity contribution in [2.45, 2.75) is 12.6 Å². The van der Waals surface area contributed by atoms with Gasteiger partial charge >= 0.3 is 6.03 Å². The van der Waals surface area contributed by atoms with E-state index in [4.69, 9.17) is 9.47 Å². The molecule has 0 bridgehead atoms. The molecule has 134 valence electrons. The molecule has 2 amide bonds. The summed E-state index contributed by atoms with van der Waals surface area (Å²) in [4.78, 5) is 16.8. The van der Waals surface area contributed by atoms with Gasteiger partial charge in [0.1, 0.15) is 18.2 Å². The fourth-order valence-corrected chi connectivity index (χ4v) is 3.17. The van der Waals surface area contributed by atoms with Crippen molar-refractivity contribution in [2.75, 3.05) is 25.6 Å². The average molecular weight is 352 g/mol. The first-order valence-corrected chi connectivity index (χ1v) is 8.47. The van der Waals surface area contributed by atoms with Gasteiger partial charge in [-0.2, -0.15) is 0 Å². The zero-order chi connectivity index (χ0) is 17.9. The number of hydrogen-bond donors (Lipinski definition) is 2. The molecule has 1 aliphatic rings. The molecule has 0 saturated heterocycles. The Balaban J connectivity index is 1.43. The third-order valence-electron chi connectivity index (χ3n) is 4.42. The molecule has 4 rings (SSSR count). The van der Waals surface area contributed by atoms with Crippen LogP contribution in [0.25, 0.3) is 11.0 Å². The lowest BCUT2D eigenvalue weighted by Gasteiger charge is -2.26. The van der Waals surface area contributed by atoms with Crippen LogP contribution in [0.5, 0.6) is 5.75 Å². The van der Waals surface area contributed by atoms with Crippen LogP contribution < -0.4 is 15.4 Å². The summed E-state index contributed by atoms with van der Waals surface area (Å²) in [5, 5.41) is 5.73. The van der Waals surface area contributed by atoms with Crippen LogP contribution in [-0.2, 0) is 11.3 Å². The number of amides is 2. The highest BCUT2D eigenvalue weighted by Crippen LogP contribution is 2.25. The number of carbonyl (C=O) groups is 1. The van der Waals surface area contributed by atoms with E-state index in [1.807, 2.05) is 24.3 Å². The molecule has 7 nitrogen and oxygen atoms in total. The van der Waals surface area contributed by atoms with E-state index in [1.54, 1.807) is 31.4 Å². The Bertz CT molecular complexity index is 920. The van der Waals surface area contributed by atoms with E-state index < -0.39 is 0 Å². The Kier molecular flexibility index (Phi) is 4.45. The van der Waals surface area contributed by atoms with Gasteiger partial charge in [0.05, 0.1) is 30.8 Å². The van der Waals surface area contributed by atoms with Crippen LogP contribution in [0, 0.1) is 0 Å². The second-order valence-electron chi connectivity index (χ2n) is 6.12. The van der Waals surface area contributed by atoms with Gasteiger partial charge in [-0.1, -0.05) is 12.1 Å². The fraction of sp³-hybridized carbons (Fsp3) is 0.263. The van der Waals surface area contributed by atoms with Crippen molar-refractivity contribution in [2.24, 2.45) is 0 Å². The van der Waals surface area contributed by atoms with Gasteiger partial charge in [-0.25, -0.2) is 9.78 Å². The number of imidazole rings is 1. The van der Waals surface area contributed by atoms with Gasteiger partial charge in [-0.05, 0) is 36.4 Å². The largest absolute Gasteiger partial charge is 0.497 e. The first-order valence-electron chi connectivity index (χ1n) is 8.47. The first-order chi connectivity index (χ1) is 12.7. The summed E-state index contributed by atoms with van der Waals surface area (Å²) in [7, 11) is 1.61. The van der Waals surface area contributed by atoms with Crippen molar-refractivity contribution >= 4 is 22.8 Å². The van der Waals surface area contributed by atoms with Gasteiger partial charge in [-0.15, -0.1) is 0 Å². The molecule has 0 aliphatic carbocycles. The molecule has 26 heavy (non-hydrogen) atoms. The number of urea groups is 1. The van der Waals surface area contributed by atoms with Crippen molar-refractivity contribution in [3.8, 4) is 5.75 Å². The lowest BCUT2D eigenvalue weighted by atomic mass is 10.2. The zero-order valence-electron chi connectivity index (χ0n) is 14.4. The van der Waals surface area contributed by atoms with Gasteiger partial charge in [0.25, 0.3) is 0 Å². The molecule has 0 unspecified atom stereocenters. The Morgan fingerprint density at radius 1 is 1.27 bits per heavy atom. The summed E-state index contributed by atoms with van der Waals surface area (Å²) in [5.41, 5.74) is 2.71. The van der Waals surface area contributed by atoms with Gasteiger partial charge < -0.3 is 24.7 Å². The first kappa shape index (κ1) is 16.4. The molecule has 0 fully saturated rings. The lowest BCUT2D eigenvalue weighted by molar-refractivity contribution is 0.0573. The molecule has 2 N–H and O–H groups in total. The number of benzene rings is 2. The average Bonchev–Trinajstić information content (AvgIpc) is 3.06. The van der Waals surface area contributed by atoms with E-state index in [-0.39, 0.29) is 12.1 Å². The summed E-state index contributed by atoms with van der Waals surface area (Å²) in [6, 6.07) is 14.9. The van der Waals surface area contributed by atoms with Gasteiger partial charge in [0.2, 0.25) is 0 Å². The molecule has 0 radical (unpaired) electrons. The highest BCUT2D eigenvalue weighted by molar-refractivity contribution is 5.89. The number of hydrogen-bond acceptors (Lipinski definition) is 4. The van der Waals surface area contributed by atoms with E-state index in [0.717, 1.165) is 22.6 Å². The third-order valence-corrected chi connectivity index (χ3v) is 4.42. The van der Waals surface area contributed by atoms with E-state index in [9.17, 15) is 4.79 Å². The molecule has 7 heteroatoms. The van der Waals surface area contributed by atoms with Crippen LogP contribution in [0.3, 0.4) is 0 Å². The third kappa shape index (κ3) is 3.21. The molecule has 3 aromatic rings. The lowest BCUT2D eigenvalue weighted by Crippen LogP contribution is -2.37. The van der Waals surface area contributed by atoms with Crippen molar-refractivity contribution in [1.82, 2.24) is 14.9 Å². The van der Waals surface area contributed by atoms with Crippen molar-refractivity contribution < 1.29 is 14.3 Å².